The van der Waals surface area contributed by atoms with Crippen LogP contribution in [0.2, 0.25) is 0 Å². The minimum Gasteiger partial charge on any atom is -0.220 e. The molecule has 0 aromatic heterocycles. The fourth-order valence-electron chi connectivity index (χ4n) is 0.397. The minimum absolute atomic E-state index is 0.686. The second-order valence-electron chi connectivity index (χ2n) is 2.01. The molecular weight excluding hydrogens is 249 g/mol. The van der Waals surface area contributed by atoms with Crippen molar-refractivity contribution in [1.29, 1.82) is 0 Å². The molecule has 2 nitrogen and oxygen atoms in total. The van der Waals surface area contributed by atoms with Gasteiger partial charge in [-0.15, -0.1) is 0 Å². The second-order valence-corrected chi connectivity index (χ2v) is 5.60. The molecule has 1 unspecified atom stereocenters. The van der Waals surface area contributed by atoms with Crippen LogP contribution in [0.4, 0.5) is 13.2 Å². The van der Waals surface area contributed by atoms with E-state index in [1.54, 1.807) is 0 Å². The van der Waals surface area contributed by atoms with E-state index in [0.29, 0.717) is 0 Å². The monoisotopic (exact) mass is 254 g/mol. The van der Waals surface area contributed by atoms with Crippen molar-refractivity contribution >= 4 is 25.8 Å². The van der Waals surface area contributed by atoms with Crippen LogP contribution in [0.1, 0.15) is 6.92 Å². The smallest absolute Gasteiger partial charge is 0.220 e. The van der Waals surface area contributed by atoms with E-state index in [1.807, 2.05) is 0 Å². The maximum absolute atomic E-state index is 11.6. The standard InChI is InChI=1S/C4H6BrF3O2S/c1-3(5)2-11(9,10)4(6,7)8/h3H,2H2,1H3. The van der Waals surface area contributed by atoms with Crippen LogP contribution in [0.15, 0.2) is 0 Å². The molecule has 0 aliphatic heterocycles. The molecule has 0 radical (unpaired) electrons. The number of halogens is 4. The van der Waals surface area contributed by atoms with Crippen LogP contribution in [0.5, 0.6) is 0 Å². The fraction of sp³-hybridized carbons (Fsp3) is 1.00. The molecule has 0 amide bonds. The van der Waals surface area contributed by atoms with Gasteiger partial charge >= 0.3 is 5.51 Å². The van der Waals surface area contributed by atoms with Crippen molar-refractivity contribution in [2.75, 3.05) is 5.75 Å². The fourth-order valence-corrected chi connectivity index (χ4v) is 2.23. The summed E-state index contributed by atoms with van der Waals surface area (Å²) in [4.78, 5) is -0.686. The van der Waals surface area contributed by atoms with E-state index in [2.05, 4.69) is 15.9 Å². The minimum atomic E-state index is -5.13. The van der Waals surface area contributed by atoms with Gasteiger partial charge in [0.25, 0.3) is 0 Å². The highest BCUT2D eigenvalue weighted by Gasteiger charge is 2.45. The molecule has 0 fully saturated rings. The second kappa shape index (κ2) is 3.30. The highest BCUT2D eigenvalue weighted by molar-refractivity contribution is 9.09. The Hall–Kier alpha value is 0.220. The molecule has 0 aromatic rings. The summed E-state index contributed by atoms with van der Waals surface area (Å²) in [5.41, 5.74) is -5.13. The number of alkyl halides is 4. The van der Waals surface area contributed by atoms with Gasteiger partial charge in [0, 0.05) is 4.83 Å². The van der Waals surface area contributed by atoms with Crippen LogP contribution >= 0.6 is 15.9 Å². The van der Waals surface area contributed by atoms with Crippen LogP contribution in [0.25, 0.3) is 0 Å². The Balaban J connectivity index is 4.51. The zero-order chi connectivity index (χ0) is 9.28. The Bertz CT molecular complexity index is 218. The average molecular weight is 255 g/mol. The Morgan fingerprint density at radius 3 is 1.91 bits per heavy atom. The first-order valence-corrected chi connectivity index (χ1v) is 5.16. The molecule has 0 N–H and O–H groups in total. The van der Waals surface area contributed by atoms with E-state index in [1.165, 1.54) is 6.92 Å². The summed E-state index contributed by atoms with van der Waals surface area (Å²) < 4.78 is 55.4. The normalized spacial score (nSPS) is 16.5. The zero-order valence-corrected chi connectivity index (χ0v) is 7.92. The van der Waals surface area contributed by atoms with Gasteiger partial charge in [0.2, 0.25) is 9.84 Å². The van der Waals surface area contributed by atoms with Gasteiger partial charge in [-0.3, -0.25) is 0 Å². The maximum Gasteiger partial charge on any atom is 0.497 e. The van der Waals surface area contributed by atoms with Crippen molar-refractivity contribution in [2.24, 2.45) is 0 Å². The van der Waals surface area contributed by atoms with Gasteiger partial charge in [-0.1, -0.05) is 22.9 Å². The van der Waals surface area contributed by atoms with Gasteiger partial charge in [-0.05, 0) is 0 Å². The summed E-state index contributed by atoms with van der Waals surface area (Å²) in [5, 5.41) is 0. The molecule has 68 valence electrons. The van der Waals surface area contributed by atoms with Crippen molar-refractivity contribution in [3.8, 4) is 0 Å². The topological polar surface area (TPSA) is 34.1 Å². The first-order valence-electron chi connectivity index (χ1n) is 2.60. The van der Waals surface area contributed by atoms with Crippen LogP contribution < -0.4 is 0 Å². The lowest BCUT2D eigenvalue weighted by Gasteiger charge is -2.08. The largest absolute Gasteiger partial charge is 0.497 e. The Morgan fingerprint density at radius 1 is 1.45 bits per heavy atom. The van der Waals surface area contributed by atoms with Gasteiger partial charge in [0.1, 0.15) is 0 Å². The zero-order valence-electron chi connectivity index (χ0n) is 5.52. The number of rotatable bonds is 2. The summed E-state index contributed by atoms with van der Waals surface area (Å²) in [6.07, 6.45) is 0. The lowest BCUT2D eigenvalue weighted by molar-refractivity contribution is -0.0435. The predicted octanol–water partition coefficient (Wildman–Crippen LogP) is 1.70. The van der Waals surface area contributed by atoms with Crippen LogP contribution in [0.3, 0.4) is 0 Å². The molecule has 0 heterocycles. The van der Waals surface area contributed by atoms with Crippen molar-refractivity contribution < 1.29 is 21.6 Å². The van der Waals surface area contributed by atoms with E-state index < -0.39 is 25.9 Å². The molecule has 0 saturated carbocycles. The van der Waals surface area contributed by atoms with Crippen LogP contribution in [0, 0.1) is 0 Å². The summed E-state index contributed by atoms with van der Waals surface area (Å²) in [7, 11) is -4.94. The molecule has 0 saturated heterocycles. The third-order valence-electron chi connectivity index (χ3n) is 0.802. The summed E-state index contributed by atoms with van der Waals surface area (Å²) in [6.45, 7) is 1.34. The van der Waals surface area contributed by atoms with Crippen LogP contribution in [-0.2, 0) is 9.84 Å². The van der Waals surface area contributed by atoms with Crippen LogP contribution in [-0.4, -0.2) is 24.5 Å². The van der Waals surface area contributed by atoms with Gasteiger partial charge in [-0.25, -0.2) is 8.42 Å². The average Bonchev–Trinajstić information content (AvgIpc) is 1.56. The molecule has 0 bridgehead atoms. The van der Waals surface area contributed by atoms with Gasteiger partial charge in [0.05, 0.1) is 5.75 Å². The number of hydrogen-bond acceptors (Lipinski definition) is 2. The van der Waals surface area contributed by atoms with Crippen molar-refractivity contribution in [2.45, 2.75) is 17.3 Å². The Labute approximate surface area is 70.8 Å². The van der Waals surface area contributed by atoms with Gasteiger partial charge < -0.3 is 0 Å². The van der Waals surface area contributed by atoms with E-state index in [-0.39, 0.29) is 0 Å². The molecular formula is C4H6BrF3O2S. The molecule has 7 heteroatoms. The maximum atomic E-state index is 11.6. The van der Waals surface area contributed by atoms with E-state index >= 15 is 0 Å². The first-order chi connectivity index (χ1) is 4.67. The van der Waals surface area contributed by atoms with E-state index in [9.17, 15) is 21.6 Å². The van der Waals surface area contributed by atoms with Gasteiger partial charge in [0.15, 0.2) is 0 Å². The summed E-state index contributed by atoms with van der Waals surface area (Å²) in [6, 6.07) is 0. The van der Waals surface area contributed by atoms with Gasteiger partial charge in [-0.2, -0.15) is 13.2 Å². The summed E-state index contributed by atoms with van der Waals surface area (Å²) >= 11 is 2.72. The molecule has 0 rings (SSSR count). The highest BCUT2D eigenvalue weighted by atomic mass is 79.9. The lowest BCUT2D eigenvalue weighted by Crippen LogP contribution is -2.29. The third kappa shape index (κ3) is 3.42. The van der Waals surface area contributed by atoms with Crippen molar-refractivity contribution in [1.82, 2.24) is 0 Å². The molecule has 0 aliphatic rings. The molecule has 11 heavy (non-hydrogen) atoms. The Morgan fingerprint density at radius 2 is 1.82 bits per heavy atom. The molecule has 0 spiro atoms. The van der Waals surface area contributed by atoms with Crippen molar-refractivity contribution in [3.63, 3.8) is 0 Å². The molecule has 0 aliphatic carbocycles. The van der Waals surface area contributed by atoms with Crippen molar-refractivity contribution in [3.05, 3.63) is 0 Å². The van der Waals surface area contributed by atoms with E-state index in [4.69, 9.17) is 0 Å². The number of sulfone groups is 1. The summed E-state index contributed by atoms with van der Waals surface area (Å²) in [5.74, 6) is -0.920. The number of hydrogen-bond donors (Lipinski definition) is 0. The predicted molar refractivity (Wildman–Crippen MR) is 38.2 cm³/mol. The highest BCUT2D eigenvalue weighted by Crippen LogP contribution is 2.25. The first kappa shape index (κ1) is 11.2. The Kier molecular flexibility index (Phi) is 3.37. The molecule has 0 aromatic carbocycles. The SMILES string of the molecule is CC(Br)CS(=O)(=O)C(F)(F)F. The lowest BCUT2D eigenvalue weighted by atomic mass is 10.6. The quantitative estimate of drug-likeness (QED) is 0.704. The van der Waals surface area contributed by atoms with E-state index in [0.717, 1.165) is 0 Å². The third-order valence-corrected chi connectivity index (χ3v) is 3.20. The molecule has 1 atom stereocenters.